The largest absolute Gasteiger partial charge is 0.424 e. The van der Waals surface area contributed by atoms with Gasteiger partial charge in [0, 0.05) is 34.5 Å². The molecule has 0 bridgehead atoms. The lowest BCUT2D eigenvalue weighted by atomic mass is 10.3. The molecule has 1 heterocycles. The van der Waals surface area contributed by atoms with Crippen molar-refractivity contribution in [1.29, 1.82) is 0 Å². The second kappa shape index (κ2) is 6.00. The van der Waals surface area contributed by atoms with Crippen LogP contribution < -0.4 is 10.1 Å². The Morgan fingerprint density at radius 3 is 2.28 bits per heavy atom. The van der Waals surface area contributed by atoms with Gasteiger partial charge in [0.15, 0.2) is 0 Å². The van der Waals surface area contributed by atoms with E-state index < -0.39 is 0 Å². The maximum atomic E-state index is 5.87. The number of nitrogens with zero attached hydrogens (tertiary/aromatic N) is 2. The van der Waals surface area contributed by atoms with Crippen LogP contribution in [-0.4, -0.2) is 17.0 Å². The van der Waals surface area contributed by atoms with E-state index in [0.29, 0.717) is 22.3 Å². The molecule has 94 valence electrons. The van der Waals surface area contributed by atoms with Crippen LogP contribution in [0.1, 0.15) is 5.56 Å². The minimum atomic E-state index is 0.258. The summed E-state index contributed by atoms with van der Waals surface area (Å²) in [6.45, 7) is 0.712. The molecule has 0 saturated heterocycles. The molecule has 18 heavy (non-hydrogen) atoms. The van der Waals surface area contributed by atoms with E-state index in [2.05, 4.69) is 15.3 Å². The van der Waals surface area contributed by atoms with Gasteiger partial charge in [-0.1, -0.05) is 23.2 Å². The number of rotatable bonds is 4. The molecular formula is C12H11Cl2N3O. The van der Waals surface area contributed by atoms with Gasteiger partial charge in [-0.25, -0.2) is 9.97 Å². The topological polar surface area (TPSA) is 47.0 Å². The van der Waals surface area contributed by atoms with E-state index in [1.54, 1.807) is 30.6 Å². The first kappa shape index (κ1) is 13.1. The summed E-state index contributed by atoms with van der Waals surface area (Å²) in [7, 11) is 1.86. The first-order chi connectivity index (χ1) is 8.67. The van der Waals surface area contributed by atoms with Crippen molar-refractivity contribution in [2.24, 2.45) is 0 Å². The van der Waals surface area contributed by atoms with Gasteiger partial charge in [-0.2, -0.15) is 0 Å². The van der Waals surface area contributed by atoms with E-state index in [9.17, 15) is 0 Å². The first-order valence-electron chi connectivity index (χ1n) is 5.27. The van der Waals surface area contributed by atoms with E-state index in [-0.39, 0.29) is 6.01 Å². The zero-order chi connectivity index (χ0) is 13.0. The fourth-order valence-corrected chi connectivity index (χ4v) is 1.89. The van der Waals surface area contributed by atoms with Gasteiger partial charge < -0.3 is 10.1 Å². The summed E-state index contributed by atoms with van der Waals surface area (Å²) >= 11 is 11.7. The molecule has 1 N–H and O–H groups in total. The molecule has 2 aromatic rings. The smallest absolute Gasteiger partial charge is 0.321 e. The highest BCUT2D eigenvalue weighted by atomic mass is 35.5. The molecule has 6 heteroatoms. The first-order valence-corrected chi connectivity index (χ1v) is 6.02. The fourth-order valence-electron chi connectivity index (χ4n) is 1.38. The summed E-state index contributed by atoms with van der Waals surface area (Å²) in [5.74, 6) is 0.508. The SMILES string of the molecule is CNCc1cnc(Oc2cc(Cl)cc(Cl)c2)nc1. The predicted octanol–water partition coefficient (Wildman–Crippen LogP) is 3.30. The zero-order valence-electron chi connectivity index (χ0n) is 9.65. The van der Waals surface area contributed by atoms with E-state index in [0.717, 1.165) is 5.56 Å². The van der Waals surface area contributed by atoms with Crippen LogP contribution in [-0.2, 0) is 6.54 Å². The van der Waals surface area contributed by atoms with Crippen molar-refractivity contribution in [2.75, 3.05) is 7.05 Å². The second-order valence-electron chi connectivity index (χ2n) is 3.61. The molecule has 0 atom stereocenters. The standard InChI is InChI=1S/C12H11Cl2N3O/c1-15-5-8-6-16-12(17-7-8)18-11-3-9(13)2-10(14)4-11/h2-4,6-7,15H,5H2,1H3. The quantitative estimate of drug-likeness (QED) is 0.935. The average Bonchev–Trinajstić information content (AvgIpc) is 2.31. The average molecular weight is 284 g/mol. The van der Waals surface area contributed by atoms with Crippen molar-refractivity contribution in [3.63, 3.8) is 0 Å². The molecule has 0 spiro atoms. The van der Waals surface area contributed by atoms with Crippen molar-refractivity contribution in [3.05, 3.63) is 46.2 Å². The Labute approximate surface area is 115 Å². The van der Waals surface area contributed by atoms with Gasteiger partial charge in [0.2, 0.25) is 0 Å². The predicted molar refractivity (Wildman–Crippen MR) is 71.3 cm³/mol. The number of hydrogen-bond acceptors (Lipinski definition) is 4. The van der Waals surface area contributed by atoms with Crippen molar-refractivity contribution < 1.29 is 4.74 Å². The van der Waals surface area contributed by atoms with Gasteiger partial charge >= 0.3 is 6.01 Å². The van der Waals surface area contributed by atoms with E-state index in [4.69, 9.17) is 27.9 Å². The molecular weight excluding hydrogens is 273 g/mol. The van der Waals surface area contributed by atoms with Gasteiger partial charge in [0.1, 0.15) is 5.75 Å². The monoisotopic (exact) mass is 283 g/mol. The molecule has 0 aliphatic rings. The molecule has 2 rings (SSSR count). The van der Waals surface area contributed by atoms with Gasteiger partial charge in [-0.15, -0.1) is 0 Å². The molecule has 4 nitrogen and oxygen atoms in total. The molecule has 0 fully saturated rings. The summed E-state index contributed by atoms with van der Waals surface area (Å²) in [5.41, 5.74) is 0.981. The highest BCUT2D eigenvalue weighted by Gasteiger charge is 2.03. The van der Waals surface area contributed by atoms with Gasteiger partial charge in [0.25, 0.3) is 0 Å². The molecule has 0 radical (unpaired) electrons. The minimum Gasteiger partial charge on any atom is -0.424 e. The highest BCUT2D eigenvalue weighted by Crippen LogP contribution is 2.26. The van der Waals surface area contributed by atoms with Crippen LogP contribution in [0.3, 0.4) is 0 Å². The lowest BCUT2D eigenvalue weighted by Gasteiger charge is -2.05. The lowest BCUT2D eigenvalue weighted by molar-refractivity contribution is 0.441. The maximum Gasteiger partial charge on any atom is 0.321 e. The minimum absolute atomic E-state index is 0.258. The summed E-state index contributed by atoms with van der Waals surface area (Å²) in [6.07, 6.45) is 3.40. The molecule has 1 aromatic carbocycles. The highest BCUT2D eigenvalue weighted by molar-refractivity contribution is 6.34. The Hall–Kier alpha value is -1.36. The van der Waals surface area contributed by atoms with Crippen molar-refractivity contribution in [1.82, 2.24) is 15.3 Å². The van der Waals surface area contributed by atoms with Gasteiger partial charge in [-0.3, -0.25) is 0 Å². The van der Waals surface area contributed by atoms with Crippen molar-refractivity contribution >= 4 is 23.2 Å². The molecule has 0 aliphatic carbocycles. The van der Waals surface area contributed by atoms with E-state index in [1.807, 2.05) is 7.05 Å². The number of benzene rings is 1. The third-order valence-corrected chi connectivity index (χ3v) is 2.54. The summed E-state index contributed by atoms with van der Waals surface area (Å²) in [6, 6.07) is 5.19. The molecule has 0 aliphatic heterocycles. The Kier molecular flexibility index (Phi) is 4.36. The number of aromatic nitrogens is 2. The van der Waals surface area contributed by atoms with Crippen LogP contribution in [0.2, 0.25) is 10.0 Å². The Morgan fingerprint density at radius 1 is 1.11 bits per heavy atom. The second-order valence-corrected chi connectivity index (χ2v) is 4.48. The molecule has 0 amide bonds. The molecule has 0 unspecified atom stereocenters. The zero-order valence-corrected chi connectivity index (χ0v) is 11.2. The number of ether oxygens (including phenoxy) is 1. The van der Waals surface area contributed by atoms with Crippen LogP contribution in [0, 0.1) is 0 Å². The Balaban J connectivity index is 2.13. The summed E-state index contributed by atoms with van der Waals surface area (Å²) in [5, 5.41) is 4.02. The van der Waals surface area contributed by atoms with E-state index in [1.165, 1.54) is 0 Å². The number of hydrogen-bond donors (Lipinski definition) is 1. The van der Waals surface area contributed by atoms with Crippen LogP contribution in [0.4, 0.5) is 0 Å². The molecule has 0 saturated carbocycles. The van der Waals surface area contributed by atoms with Crippen LogP contribution >= 0.6 is 23.2 Å². The van der Waals surface area contributed by atoms with Gasteiger partial charge in [0.05, 0.1) is 0 Å². The maximum absolute atomic E-state index is 5.87. The summed E-state index contributed by atoms with van der Waals surface area (Å²) < 4.78 is 5.46. The third-order valence-electron chi connectivity index (χ3n) is 2.11. The van der Waals surface area contributed by atoms with E-state index >= 15 is 0 Å². The Bertz CT molecular complexity index is 511. The summed E-state index contributed by atoms with van der Waals surface area (Å²) in [4.78, 5) is 8.18. The lowest BCUT2D eigenvalue weighted by Crippen LogP contribution is -2.06. The van der Waals surface area contributed by atoms with Crippen molar-refractivity contribution in [3.8, 4) is 11.8 Å². The Morgan fingerprint density at radius 2 is 1.72 bits per heavy atom. The van der Waals surface area contributed by atoms with Crippen molar-refractivity contribution in [2.45, 2.75) is 6.54 Å². The normalized spacial score (nSPS) is 10.4. The van der Waals surface area contributed by atoms with Crippen LogP contribution in [0.15, 0.2) is 30.6 Å². The van der Waals surface area contributed by atoms with Crippen LogP contribution in [0.25, 0.3) is 0 Å². The molecule has 1 aromatic heterocycles. The fraction of sp³-hybridized carbons (Fsp3) is 0.167. The van der Waals surface area contributed by atoms with Crippen LogP contribution in [0.5, 0.6) is 11.8 Å². The number of nitrogens with one attached hydrogen (secondary N) is 1. The number of halogens is 2. The van der Waals surface area contributed by atoms with Gasteiger partial charge in [-0.05, 0) is 25.2 Å². The third kappa shape index (κ3) is 3.57.